The molecule has 2 aliphatic rings. The highest BCUT2D eigenvalue weighted by molar-refractivity contribution is 7.87. The molecule has 1 aromatic rings. The predicted octanol–water partition coefficient (Wildman–Crippen LogP) is 2.84. The Morgan fingerprint density at radius 1 is 1.24 bits per heavy atom. The van der Waals surface area contributed by atoms with Crippen LogP contribution in [0, 0.1) is 11.7 Å². The number of carbonyl (C=O) groups excluding carboxylic acids is 1. The van der Waals surface area contributed by atoms with Crippen molar-refractivity contribution < 1.29 is 22.3 Å². The van der Waals surface area contributed by atoms with Crippen LogP contribution in [0.1, 0.15) is 55.3 Å². The molecule has 162 valence electrons. The van der Waals surface area contributed by atoms with E-state index in [0.717, 1.165) is 48.5 Å². The molecule has 3 N–H and O–H groups in total. The van der Waals surface area contributed by atoms with Crippen LogP contribution in [0.5, 0.6) is 5.75 Å². The first kappa shape index (κ1) is 22.3. The first-order chi connectivity index (χ1) is 13.8. The third kappa shape index (κ3) is 5.81. The Kier molecular flexibility index (Phi) is 7.37. The highest BCUT2D eigenvalue weighted by Crippen LogP contribution is 2.31. The van der Waals surface area contributed by atoms with Gasteiger partial charge in [0.05, 0.1) is 17.2 Å². The molecule has 1 saturated heterocycles. The first-order valence-electron chi connectivity index (χ1n) is 9.96. The number of carbonyl (C=O) groups is 1. The van der Waals surface area contributed by atoms with E-state index in [-0.39, 0.29) is 29.9 Å². The number of hydrogen-bond donors (Lipinski definition) is 2. The van der Waals surface area contributed by atoms with Crippen molar-refractivity contribution in [3.05, 3.63) is 28.5 Å². The molecule has 29 heavy (non-hydrogen) atoms. The molecule has 3 rings (SSSR count). The molecule has 0 spiro atoms. The van der Waals surface area contributed by atoms with Crippen LogP contribution in [0.4, 0.5) is 4.39 Å². The summed E-state index contributed by atoms with van der Waals surface area (Å²) >= 11 is 6.14. The largest absolute Gasteiger partial charge is 0.492 e. The van der Waals surface area contributed by atoms with Gasteiger partial charge in [0.15, 0.2) is 0 Å². The van der Waals surface area contributed by atoms with Crippen LogP contribution in [0.25, 0.3) is 0 Å². The summed E-state index contributed by atoms with van der Waals surface area (Å²) in [5.41, 5.74) is 5.43. The Morgan fingerprint density at radius 2 is 1.93 bits per heavy atom. The van der Waals surface area contributed by atoms with Crippen molar-refractivity contribution in [1.29, 1.82) is 0 Å². The van der Waals surface area contributed by atoms with E-state index in [0.29, 0.717) is 25.4 Å². The van der Waals surface area contributed by atoms with Crippen LogP contribution in [-0.4, -0.2) is 44.4 Å². The van der Waals surface area contributed by atoms with Gasteiger partial charge in [-0.2, -0.15) is 12.7 Å². The quantitative estimate of drug-likeness (QED) is 0.698. The number of benzene rings is 1. The summed E-state index contributed by atoms with van der Waals surface area (Å²) < 4.78 is 48.2. The fourth-order valence-corrected chi connectivity index (χ4v) is 5.24. The zero-order valence-electron chi connectivity index (χ0n) is 16.2. The third-order valence-corrected chi connectivity index (χ3v) is 7.20. The number of rotatable bonds is 6. The van der Waals surface area contributed by atoms with Crippen LogP contribution < -0.4 is 15.2 Å². The lowest BCUT2D eigenvalue weighted by Crippen LogP contribution is -2.47. The van der Waals surface area contributed by atoms with Gasteiger partial charge in [-0.15, -0.1) is 0 Å². The minimum Gasteiger partial charge on any atom is -0.492 e. The summed E-state index contributed by atoms with van der Waals surface area (Å²) in [6.45, 7) is 0.807. The summed E-state index contributed by atoms with van der Waals surface area (Å²) in [6, 6.07) is 1.83. The van der Waals surface area contributed by atoms with E-state index in [1.165, 1.54) is 0 Å². The molecular weight excluding hydrogens is 421 g/mol. The second-order valence-electron chi connectivity index (χ2n) is 7.77. The Hall–Kier alpha value is -1.42. The molecule has 10 heteroatoms. The van der Waals surface area contributed by atoms with Crippen LogP contribution >= 0.6 is 11.6 Å². The minimum atomic E-state index is -4.14. The fourth-order valence-electron chi connectivity index (χ4n) is 3.79. The molecule has 1 aliphatic carbocycles. The molecule has 1 aromatic carbocycles. The minimum absolute atomic E-state index is 0.0590. The summed E-state index contributed by atoms with van der Waals surface area (Å²) in [6.07, 6.45) is 6.63. The molecule has 1 amide bonds. The van der Waals surface area contributed by atoms with Gasteiger partial charge in [0.1, 0.15) is 11.6 Å². The van der Waals surface area contributed by atoms with Gasteiger partial charge in [-0.1, -0.05) is 30.9 Å². The highest BCUT2D eigenvalue weighted by Gasteiger charge is 2.29. The molecule has 0 unspecified atom stereocenters. The number of nitrogens with one attached hydrogen (secondary N) is 1. The molecule has 0 bridgehead atoms. The molecule has 1 atom stereocenters. The molecule has 1 saturated carbocycles. The lowest BCUT2D eigenvalue weighted by atomic mass is 10.1. The standard InChI is InChI=1S/C19H27ClFN3O4S/c20-16-9-15(17(21)10-18(16)28-12-13-5-1-2-6-13)19(25)23-29(26,27)24-8-4-3-7-14(22)11-24/h9-10,13-14H,1-8,11-12,22H2,(H,23,25)/t14-/m0/s1. The highest BCUT2D eigenvalue weighted by atomic mass is 35.5. The second kappa shape index (κ2) is 9.59. The SMILES string of the molecule is N[C@H]1CCCCN(S(=O)(=O)NC(=O)c2cc(Cl)c(OCC3CCCC3)cc2F)C1. The van der Waals surface area contributed by atoms with Crippen LogP contribution in [-0.2, 0) is 10.2 Å². The molecule has 2 fully saturated rings. The topological polar surface area (TPSA) is 102 Å². The fraction of sp³-hybridized carbons (Fsp3) is 0.632. The molecular formula is C19H27ClFN3O4S. The maximum atomic E-state index is 14.5. The number of nitrogens with two attached hydrogens (primary N) is 1. The Bertz CT molecular complexity index is 846. The summed E-state index contributed by atoms with van der Waals surface area (Å²) in [5, 5.41) is 0.0590. The van der Waals surface area contributed by atoms with Gasteiger partial charge in [0, 0.05) is 25.2 Å². The normalized spacial score (nSPS) is 21.7. The van der Waals surface area contributed by atoms with Crippen LogP contribution in [0.15, 0.2) is 12.1 Å². The van der Waals surface area contributed by atoms with Crippen molar-refractivity contribution in [3.8, 4) is 5.75 Å². The van der Waals surface area contributed by atoms with Gasteiger partial charge in [0.2, 0.25) is 0 Å². The van der Waals surface area contributed by atoms with E-state index in [9.17, 15) is 17.6 Å². The zero-order valence-corrected chi connectivity index (χ0v) is 17.8. The molecule has 0 radical (unpaired) electrons. The molecule has 1 aliphatic heterocycles. The average molecular weight is 448 g/mol. The number of nitrogens with zero attached hydrogens (tertiary/aromatic N) is 1. The van der Waals surface area contributed by atoms with E-state index < -0.39 is 27.5 Å². The van der Waals surface area contributed by atoms with Crippen LogP contribution in [0.2, 0.25) is 5.02 Å². The van der Waals surface area contributed by atoms with Crippen molar-refractivity contribution in [1.82, 2.24) is 9.03 Å². The monoisotopic (exact) mass is 447 g/mol. The lowest BCUT2D eigenvalue weighted by molar-refractivity contribution is 0.0975. The van der Waals surface area contributed by atoms with Crippen LogP contribution in [0.3, 0.4) is 0 Å². The molecule has 1 heterocycles. The lowest BCUT2D eigenvalue weighted by Gasteiger charge is -2.22. The molecule has 7 nitrogen and oxygen atoms in total. The van der Waals surface area contributed by atoms with Gasteiger partial charge in [0.25, 0.3) is 5.91 Å². The number of ether oxygens (including phenoxy) is 1. The first-order valence-corrected chi connectivity index (χ1v) is 11.8. The molecule has 0 aromatic heterocycles. The maximum Gasteiger partial charge on any atom is 0.304 e. The van der Waals surface area contributed by atoms with Gasteiger partial charge in [-0.3, -0.25) is 4.79 Å². The Labute approximate surface area is 175 Å². The third-order valence-electron chi connectivity index (χ3n) is 5.45. The van der Waals surface area contributed by atoms with E-state index in [2.05, 4.69) is 0 Å². The van der Waals surface area contributed by atoms with E-state index in [1.54, 1.807) is 0 Å². The maximum absolute atomic E-state index is 14.5. The Balaban J connectivity index is 1.68. The summed E-state index contributed by atoms with van der Waals surface area (Å²) in [4.78, 5) is 12.4. The van der Waals surface area contributed by atoms with Gasteiger partial charge in [-0.25, -0.2) is 9.11 Å². The van der Waals surface area contributed by atoms with Crippen molar-refractivity contribution in [3.63, 3.8) is 0 Å². The van der Waals surface area contributed by atoms with Crippen molar-refractivity contribution in [2.45, 2.75) is 51.0 Å². The number of amides is 1. The number of halogens is 2. The number of hydrogen-bond acceptors (Lipinski definition) is 5. The van der Waals surface area contributed by atoms with Crippen molar-refractivity contribution in [2.24, 2.45) is 11.7 Å². The Morgan fingerprint density at radius 3 is 2.66 bits per heavy atom. The van der Waals surface area contributed by atoms with Gasteiger partial charge in [-0.05, 0) is 37.7 Å². The van der Waals surface area contributed by atoms with Gasteiger partial charge < -0.3 is 10.5 Å². The zero-order chi connectivity index (χ0) is 21.0. The summed E-state index contributed by atoms with van der Waals surface area (Å²) in [7, 11) is -4.14. The van der Waals surface area contributed by atoms with E-state index >= 15 is 0 Å². The second-order valence-corrected chi connectivity index (χ2v) is 9.85. The smallest absolute Gasteiger partial charge is 0.304 e. The van der Waals surface area contributed by atoms with E-state index in [4.69, 9.17) is 22.1 Å². The van der Waals surface area contributed by atoms with Crippen molar-refractivity contribution >= 4 is 27.7 Å². The van der Waals surface area contributed by atoms with Crippen molar-refractivity contribution in [2.75, 3.05) is 19.7 Å². The average Bonchev–Trinajstić information content (AvgIpc) is 3.07. The van der Waals surface area contributed by atoms with E-state index in [1.807, 2.05) is 4.72 Å². The predicted molar refractivity (Wildman–Crippen MR) is 109 cm³/mol. The van der Waals surface area contributed by atoms with Gasteiger partial charge >= 0.3 is 10.2 Å². The summed E-state index contributed by atoms with van der Waals surface area (Å²) in [5.74, 6) is -1.41.